The molecule has 0 aromatic carbocycles. The lowest BCUT2D eigenvalue weighted by Gasteiger charge is -2.00. The van der Waals surface area contributed by atoms with E-state index in [2.05, 4.69) is 0 Å². The molecule has 0 aliphatic heterocycles. The average molecular weight is 251 g/mol. The van der Waals surface area contributed by atoms with Gasteiger partial charge in [-0.2, -0.15) is 0 Å². The monoisotopic (exact) mass is 250 g/mol. The highest BCUT2D eigenvalue weighted by Crippen LogP contribution is 1.97. The Kier molecular flexibility index (Phi) is 21.6. The zero-order chi connectivity index (χ0) is 8.53. The van der Waals surface area contributed by atoms with Crippen LogP contribution in [0.25, 0.3) is 0 Å². The number of ether oxygens (including phenoxy) is 1. The molecular weight excluding hydrogens is 235 g/mol. The Morgan fingerprint density at radius 3 is 2.46 bits per heavy atom. The largest absolute Gasteiger partial charge is 0.464 e. The maximum Gasteiger partial charge on any atom is 0.305 e. The van der Waals surface area contributed by atoms with Gasteiger partial charge in [0.2, 0.25) is 0 Å². The molecule has 0 aliphatic carbocycles. The Hall–Kier alpha value is 0.320. The van der Waals surface area contributed by atoms with Gasteiger partial charge in [0.1, 0.15) is 6.61 Å². The van der Waals surface area contributed by atoms with Crippen molar-refractivity contribution in [3.63, 3.8) is 0 Å². The van der Waals surface area contributed by atoms with Crippen molar-refractivity contribution in [1.29, 1.82) is 0 Å². The summed E-state index contributed by atoms with van der Waals surface area (Å²) < 4.78 is 4.72. The Bertz CT molecular complexity index is 119. The molecule has 4 nitrogen and oxygen atoms in total. The van der Waals surface area contributed by atoms with E-state index in [0.29, 0.717) is 19.6 Å². The van der Waals surface area contributed by atoms with Crippen molar-refractivity contribution in [3.05, 3.63) is 0 Å². The summed E-state index contributed by atoms with van der Waals surface area (Å²) in [4.78, 5) is 10.7. The highest BCUT2D eigenvalue weighted by Gasteiger charge is 2.00. The number of nitrogens with two attached hydrogens (primary N) is 2. The van der Waals surface area contributed by atoms with Gasteiger partial charge in [-0.15, -0.1) is 24.8 Å². The van der Waals surface area contributed by atoms with E-state index in [-0.39, 0.29) is 30.8 Å². The van der Waals surface area contributed by atoms with Crippen LogP contribution in [0.4, 0.5) is 0 Å². The number of esters is 1. The molecule has 0 atom stereocenters. The topological polar surface area (TPSA) is 78.3 Å². The molecule has 0 radical (unpaired) electrons. The van der Waals surface area contributed by atoms with E-state index in [4.69, 9.17) is 15.6 Å². The molecule has 0 rings (SSSR count). The normalized spacial score (nSPS) is 8.15. The molecule has 0 aromatic rings. The SMILES string of the molecule is Cl.Cl.NCCOC(=O)CCCSN. The van der Waals surface area contributed by atoms with Crippen LogP contribution in [0.2, 0.25) is 0 Å². The number of hydrogen-bond donors (Lipinski definition) is 2. The third kappa shape index (κ3) is 15.1. The minimum absolute atomic E-state index is 0. The predicted octanol–water partition coefficient (Wildman–Crippen LogP) is 0.719. The van der Waals surface area contributed by atoms with Gasteiger partial charge in [-0.25, -0.2) is 0 Å². The van der Waals surface area contributed by atoms with E-state index in [1.165, 1.54) is 11.9 Å². The Morgan fingerprint density at radius 1 is 1.38 bits per heavy atom. The van der Waals surface area contributed by atoms with Crippen LogP contribution in [0.3, 0.4) is 0 Å². The van der Waals surface area contributed by atoms with Gasteiger partial charge < -0.3 is 10.5 Å². The summed E-state index contributed by atoms with van der Waals surface area (Å²) in [6.07, 6.45) is 1.20. The predicted molar refractivity (Wildman–Crippen MR) is 60.4 cm³/mol. The number of hydrogen-bond acceptors (Lipinski definition) is 5. The van der Waals surface area contributed by atoms with Gasteiger partial charge in [0.15, 0.2) is 0 Å². The van der Waals surface area contributed by atoms with E-state index >= 15 is 0 Å². The minimum Gasteiger partial charge on any atom is -0.464 e. The Morgan fingerprint density at radius 2 is 2.00 bits per heavy atom. The molecule has 0 bridgehead atoms. The lowest BCUT2D eigenvalue weighted by atomic mass is 10.3. The first-order valence-corrected chi connectivity index (χ1v) is 4.53. The van der Waals surface area contributed by atoms with Crippen LogP contribution >= 0.6 is 36.8 Å². The van der Waals surface area contributed by atoms with Crippen molar-refractivity contribution in [1.82, 2.24) is 0 Å². The summed E-state index contributed by atoms with van der Waals surface area (Å²) in [5.74, 6) is 0.599. The Labute approximate surface area is 95.1 Å². The minimum atomic E-state index is -0.190. The molecule has 0 aliphatic rings. The zero-order valence-electron chi connectivity index (χ0n) is 7.23. The van der Waals surface area contributed by atoms with Gasteiger partial charge in [0.25, 0.3) is 0 Å². The molecule has 0 aromatic heterocycles. The van der Waals surface area contributed by atoms with Crippen LogP contribution in [0.15, 0.2) is 0 Å². The molecule has 7 heteroatoms. The molecule has 0 fully saturated rings. The van der Waals surface area contributed by atoms with E-state index in [1.807, 2.05) is 0 Å². The fourth-order valence-electron chi connectivity index (χ4n) is 0.545. The van der Waals surface area contributed by atoms with Crippen LogP contribution in [0.5, 0.6) is 0 Å². The van der Waals surface area contributed by atoms with Gasteiger partial charge >= 0.3 is 5.97 Å². The quantitative estimate of drug-likeness (QED) is 0.413. The maximum absolute atomic E-state index is 10.7. The maximum atomic E-state index is 10.7. The standard InChI is InChI=1S/C6H14N2O2S.2ClH/c7-3-4-10-6(9)2-1-5-11-8;;/h1-5,7-8H2;2*1H. The number of halogens is 2. The second-order valence-corrected chi connectivity index (χ2v) is 2.73. The van der Waals surface area contributed by atoms with Crippen molar-refractivity contribution >= 4 is 42.7 Å². The van der Waals surface area contributed by atoms with Crippen molar-refractivity contribution < 1.29 is 9.53 Å². The summed E-state index contributed by atoms with van der Waals surface area (Å²) in [5, 5.41) is 5.16. The van der Waals surface area contributed by atoms with Crippen molar-refractivity contribution in [2.24, 2.45) is 10.9 Å². The van der Waals surface area contributed by atoms with E-state index < -0.39 is 0 Å². The van der Waals surface area contributed by atoms with Gasteiger partial charge in [-0.1, -0.05) is 11.9 Å². The van der Waals surface area contributed by atoms with Crippen molar-refractivity contribution in [2.75, 3.05) is 18.9 Å². The molecule has 0 heterocycles. The molecule has 4 N–H and O–H groups in total. The number of carbonyl (C=O) groups excluding carboxylic acids is 1. The van der Waals surface area contributed by atoms with Crippen molar-refractivity contribution in [2.45, 2.75) is 12.8 Å². The van der Waals surface area contributed by atoms with Crippen LogP contribution in [-0.4, -0.2) is 24.9 Å². The fourth-order valence-corrected chi connectivity index (χ4v) is 0.856. The van der Waals surface area contributed by atoms with Crippen molar-refractivity contribution in [3.8, 4) is 0 Å². The van der Waals surface area contributed by atoms with E-state index in [0.717, 1.165) is 12.2 Å². The highest BCUT2D eigenvalue weighted by molar-refractivity contribution is 7.97. The fraction of sp³-hybridized carbons (Fsp3) is 0.833. The van der Waals surface area contributed by atoms with Gasteiger partial charge in [-0.05, 0) is 6.42 Å². The van der Waals surface area contributed by atoms with Crippen LogP contribution in [0, 0.1) is 0 Å². The molecule has 0 unspecified atom stereocenters. The second kappa shape index (κ2) is 14.8. The number of carbonyl (C=O) groups is 1. The average Bonchev–Trinajstić information content (AvgIpc) is 2.01. The van der Waals surface area contributed by atoms with Gasteiger partial charge in [-0.3, -0.25) is 9.93 Å². The summed E-state index contributed by atoms with van der Waals surface area (Å²) in [7, 11) is 0. The van der Waals surface area contributed by atoms with Gasteiger partial charge in [0, 0.05) is 18.7 Å². The molecule has 13 heavy (non-hydrogen) atoms. The first-order valence-electron chi connectivity index (χ1n) is 3.48. The number of rotatable bonds is 6. The summed E-state index contributed by atoms with van der Waals surface area (Å²) in [6.45, 7) is 0.700. The van der Waals surface area contributed by atoms with E-state index in [9.17, 15) is 4.79 Å². The van der Waals surface area contributed by atoms with Crippen LogP contribution in [0.1, 0.15) is 12.8 Å². The van der Waals surface area contributed by atoms with E-state index in [1.54, 1.807) is 0 Å². The summed E-state index contributed by atoms with van der Waals surface area (Å²) in [6, 6.07) is 0. The summed E-state index contributed by atoms with van der Waals surface area (Å²) in [5.41, 5.74) is 5.13. The molecule has 0 spiro atoms. The highest BCUT2D eigenvalue weighted by atomic mass is 35.5. The second-order valence-electron chi connectivity index (χ2n) is 1.98. The molecular formula is C6H16Cl2N2O2S. The first kappa shape index (κ1) is 19.0. The lowest BCUT2D eigenvalue weighted by molar-refractivity contribution is -0.143. The molecule has 0 saturated heterocycles. The third-order valence-electron chi connectivity index (χ3n) is 1.02. The van der Waals surface area contributed by atoms with Gasteiger partial charge in [0.05, 0.1) is 0 Å². The smallest absolute Gasteiger partial charge is 0.305 e. The van der Waals surface area contributed by atoms with Crippen LogP contribution in [-0.2, 0) is 9.53 Å². The van der Waals surface area contributed by atoms with Crippen LogP contribution < -0.4 is 10.9 Å². The Balaban J connectivity index is -0.000000500. The lowest BCUT2D eigenvalue weighted by Crippen LogP contribution is -2.13. The molecule has 82 valence electrons. The third-order valence-corrected chi connectivity index (χ3v) is 1.55. The molecule has 0 saturated carbocycles. The first-order chi connectivity index (χ1) is 5.31. The summed E-state index contributed by atoms with van der Waals surface area (Å²) >= 11 is 1.23. The zero-order valence-corrected chi connectivity index (χ0v) is 9.68. The molecule has 0 amide bonds.